The van der Waals surface area contributed by atoms with Crippen molar-refractivity contribution in [3.63, 3.8) is 0 Å². The normalized spacial score (nSPS) is 14.1. The number of H-pyrrole nitrogens is 1. The fourth-order valence-corrected chi connectivity index (χ4v) is 4.40. The van der Waals surface area contributed by atoms with E-state index in [9.17, 15) is 4.79 Å². The number of fused-ring (bicyclic) bond motifs is 1. The molecule has 5 rings (SSSR count). The molecule has 0 spiro atoms. The zero-order chi connectivity index (χ0) is 20.3. The van der Waals surface area contributed by atoms with Gasteiger partial charge in [0.05, 0.1) is 5.52 Å². The third-order valence-corrected chi connectivity index (χ3v) is 6.06. The molecule has 0 radical (unpaired) electrons. The number of aromatic nitrogens is 3. The van der Waals surface area contributed by atoms with E-state index >= 15 is 0 Å². The standard InChI is InChI=1S/C23H21N5OS/c29-23(17-4-2-1-3-5-17)24-18-8-6-16(7-9-18)21-25-19-10-11-20(26-22(19)27-21)28-12-14-30-15-13-28/h1-11H,12-15H2,(H,24,29)(H,25,26,27). The molecule has 0 atom stereocenters. The first-order valence-electron chi connectivity index (χ1n) is 9.92. The van der Waals surface area contributed by atoms with Gasteiger partial charge in [0.25, 0.3) is 5.91 Å². The number of thioether (sulfide) groups is 1. The minimum Gasteiger partial charge on any atom is -0.355 e. The van der Waals surface area contributed by atoms with Crippen LogP contribution in [-0.4, -0.2) is 45.5 Å². The Morgan fingerprint density at radius 3 is 2.47 bits per heavy atom. The number of anilines is 2. The van der Waals surface area contributed by atoms with Crippen LogP contribution in [0.5, 0.6) is 0 Å². The van der Waals surface area contributed by atoms with Crippen molar-refractivity contribution in [2.75, 3.05) is 34.8 Å². The largest absolute Gasteiger partial charge is 0.355 e. The van der Waals surface area contributed by atoms with Crippen LogP contribution in [0.25, 0.3) is 22.6 Å². The lowest BCUT2D eigenvalue weighted by Gasteiger charge is -2.27. The maximum absolute atomic E-state index is 12.3. The third-order valence-electron chi connectivity index (χ3n) is 5.12. The first-order chi connectivity index (χ1) is 14.8. The highest BCUT2D eigenvalue weighted by atomic mass is 32.2. The van der Waals surface area contributed by atoms with Gasteiger partial charge in [0, 0.05) is 41.4 Å². The van der Waals surface area contributed by atoms with Gasteiger partial charge in [-0.3, -0.25) is 4.79 Å². The van der Waals surface area contributed by atoms with Crippen LogP contribution in [0.4, 0.5) is 11.5 Å². The molecule has 4 aromatic rings. The van der Waals surface area contributed by atoms with Gasteiger partial charge in [0.1, 0.15) is 11.6 Å². The lowest BCUT2D eigenvalue weighted by Crippen LogP contribution is -2.33. The number of carbonyl (C=O) groups is 1. The molecule has 6 nitrogen and oxygen atoms in total. The zero-order valence-electron chi connectivity index (χ0n) is 16.3. The van der Waals surface area contributed by atoms with Gasteiger partial charge >= 0.3 is 0 Å². The van der Waals surface area contributed by atoms with Crippen LogP contribution in [-0.2, 0) is 0 Å². The highest BCUT2D eigenvalue weighted by molar-refractivity contribution is 7.99. The van der Waals surface area contributed by atoms with Gasteiger partial charge in [-0.05, 0) is 48.5 Å². The quantitative estimate of drug-likeness (QED) is 0.516. The summed E-state index contributed by atoms with van der Waals surface area (Å²) in [6.45, 7) is 2.05. The molecule has 1 amide bonds. The highest BCUT2D eigenvalue weighted by Crippen LogP contribution is 2.24. The number of nitrogens with zero attached hydrogens (tertiary/aromatic N) is 3. The van der Waals surface area contributed by atoms with Crippen molar-refractivity contribution in [2.45, 2.75) is 0 Å². The minimum atomic E-state index is -0.125. The summed E-state index contributed by atoms with van der Waals surface area (Å²) in [6.07, 6.45) is 0. The van der Waals surface area contributed by atoms with Gasteiger partial charge in [-0.2, -0.15) is 11.8 Å². The smallest absolute Gasteiger partial charge is 0.255 e. The monoisotopic (exact) mass is 415 g/mol. The Balaban J connectivity index is 1.34. The van der Waals surface area contributed by atoms with Crippen molar-refractivity contribution in [1.29, 1.82) is 0 Å². The number of aromatic amines is 1. The number of hydrogen-bond acceptors (Lipinski definition) is 5. The molecule has 2 aromatic heterocycles. The van der Waals surface area contributed by atoms with E-state index in [2.05, 4.69) is 21.3 Å². The summed E-state index contributed by atoms with van der Waals surface area (Å²) >= 11 is 1.98. The van der Waals surface area contributed by atoms with Crippen molar-refractivity contribution in [1.82, 2.24) is 15.0 Å². The number of benzene rings is 2. The van der Waals surface area contributed by atoms with E-state index < -0.39 is 0 Å². The van der Waals surface area contributed by atoms with Crippen molar-refractivity contribution in [3.05, 3.63) is 72.3 Å². The number of hydrogen-bond donors (Lipinski definition) is 2. The molecular formula is C23H21N5OS. The average Bonchev–Trinajstić information content (AvgIpc) is 3.24. The first kappa shape index (κ1) is 18.7. The predicted octanol–water partition coefficient (Wildman–Crippen LogP) is 4.43. The molecule has 1 aliphatic heterocycles. The number of carbonyl (C=O) groups excluding carboxylic acids is 1. The second kappa shape index (κ2) is 8.20. The van der Waals surface area contributed by atoms with Crippen LogP contribution in [0.15, 0.2) is 66.7 Å². The van der Waals surface area contributed by atoms with E-state index in [1.807, 2.05) is 60.3 Å². The molecular weight excluding hydrogens is 394 g/mol. The molecule has 0 unspecified atom stereocenters. The molecule has 2 N–H and O–H groups in total. The lowest BCUT2D eigenvalue weighted by molar-refractivity contribution is 0.102. The molecule has 7 heteroatoms. The van der Waals surface area contributed by atoms with Gasteiger partial charge in [0.15, 0.2) is 5.65 Å². The van der Waals surface area contributed by atoms with Crippen molar-refractivity contribution in [3.8, 4) is 11.4 Å². The molecule has 0 aliphatic carbocycles. The van der Waals surface area contributed by atoms with Crippen molar-refractivity contribution in [2.24, 2.45) is 0 Å². The van der Waals surface area contributed by atoms with Crippen LogP contribution in [0.2, 0.25) is 0 Å². The number of rotatable bonds is 4. The summed E-state index contributed by atoms with van der Waals surface area (Å²) < 4.78 is 0. The lowest BCUT2D eigenvalue weighted by atomic mass is 10.1. The van der Waals surface area contributed by atoms with Gasteiger partial charge in [-0.25, -0.2) is 9.97 Å². The average molecular weight is 416 g/mol. The SMILES string of the molecule is O=C(Nc1ccc(-c2nc3nc(N4CCSCC4)ccc3[nH]2)cc1)c1ccccc1. The molecule has 2 aromatic carbocycles. The van der Waals surface area contributed by atoms with Crippen LogP contribution >= 0.6 is 11.8 Å². The Kier molecular flexibility index (Phi) is 5.11. The topological polar surface area (TPSA) is 73.9 Å². The molecule has 1 aliphatic rings. The van der Waals surface area contributed by atoms with Crippen molar-refractivity contribution >= 4 is 40.3 Å². The molecule has 3 heterocycles. The second-order valence-corrected chi connectivity index (χ2v) is 8.35. The van der Waals surface area contributed by atoms with E-state index in [1.165, 1.54) is 0 Å². The third kappa shape index (κ3) is 3.89. The molecule has 0 saturated carbocycles. The molecule has 0 bridgehead atoms. The van der Waals surface area contributed by atoms with Gasteiger partial charge < -0.3 is 15.2 Å². The molecule has 1 fully saturated rings. The summed E-state index contributed by atoms with van der Waals surface area (Å²) in [6, 6.07) is 20.9. The van der Waals surface area contributed by atoms with Gasteiger partial charge in [-0.1, -0.05) is 18.2 Å². The Morgan fingerprint density at radius 1 is 0.933 bits per heavy atom. The number of imidazole rings is 1. The Bertz CT molecular complexity index is 1170. The zero-order valence-corrected chi connectivity index (χ0v) is 17.2. The number of nitrogens with one attached hydrogen (secondary N) is 2. The molecule has 150 valence electrons. The number of pyridine rings is 1. The Labute approximate surface area is 178 Å². The highest BCUT2D eigenvalue weighted by Gasteiger charge is 2.14. The summed E-state index contributed by atoms with van der Waals surface area (Å²) in [5.74, 6) is 3.90. The number of amides is 1. The Hall–Kier alpha value is -3.32. The fraction of sp³-hybridized carbons (Fsp3) is 0.174. The molecule has 1 saturated heterocycles. The molecule has 30 heavy (non-hydrogen) atoms. The fourth-order valence-electron chi connectivity index (χ4n) is 3.49. The maximum Gasteiger partial charge on any atom is 0.255 e. The van der Waals surface area contributed by atoms with E-state index in [1.54, 1.807) is 12.1 Å². The van der Waals surface area contributed by atoms with Crippen LogP contribution in [0.3, 0.4) is 0 Å². The van der Waals surface area contributed by atoms with Crippen LogP contribution < -0.4 is 10.2 Å². The summed E-state index contributed by atoms with van der Waals surface area (Å²) in [7, 11) is 0. The van der Waals surface area contributed by atoms with Gasteiger partial charge in [0.2, 0.25) is 0 Å². The van der Waals surface area contributed by atoms with Crippen molar-refractivity contribution < 1.29 is 4.79 Å². The van der Waals surface area contributed by atoms with Gasteiger partial charge in [-0.15, -0.1) is 0 Å². The first-order valence-corrected chi connectivity index (χ1v) is 11.1. The summed E-state index contributed by atoms with van der Waals surface area (Å²) in [5.41, 5.74) is 3.96. The van der Waals surface area contributed by atoms with Crippen LogP contribution in [0, 0.1) is 0 Å². The van der Waals surface area contributed by atoms with E-state index in [0.29, 0.717) is 5.56 Å². The minimum absolute atomic E-state index is 0.125. The van der Waals surface area contributed by atoms with E-state index in [-0.39, 0.29) is 5.91 Å². The predicted molar refractivity (Wildman–Crippen MR) is 123 cm³/mol. The maximum atomic E-state index is 12.3. The van der Waals surface area contributed by atoms with E-state index in [0.717, 1.165) is 58.7 Å². The second-order valence-electron chi connectivity index (χ2n) is 7.12. The summed E-state index contributed by atoms with van der Waals surface area (Å²) in [5, 5.41) is 2.92. The van der Waals surface area contributed by atoms with E-state index in [4.69, 9.17) is 9.97 Å². The Morgan fingerprint density at radius 2 is 1.70 bits per heavy atom. The summed E-state index contributed by atoms with van der Waals surface area (Å²) in [4.78, 5) is 27.4. The van der Waals surface area contributed by atoms with Crippen LogP contribution in [0.1, 0.15) is 10.4 Å².